The van der Waals surface area contributed by atoms with Gasteiger partial charge in [-0.15, -0.1) is 0 Å². The third-order valence-electron chi connectivity index (χ3n) is 3.24. The van der Waals surface area contributed by atoms with Crippen molar-refractivity contribution in [3.63, 3.8) is 0 Å². The van der Waals surface area contributed by atoms with Crippen LogP contribution in [0.5, 0.6) is 0 Å². The van der Waals surface area contributed by atoms with E-state index < -0.39 is 6.09 Å². The topological polar surface area (TPSA) is 65.5 Å². The molecule has 1 fully saturated rings. The third kappa shape index (κ3) is 3.35. The predicted octanol–water partition coefficient (Wildman–Crippen LogP) is 2.65. The number of halogens is 1. The maximum Gasteiger partial charge on any atom is 0.407 e. The quantitative estimate of drug-likeness (QED) is 0.900. The highest BCUT2D eigenvalue weighted by Gasteiger charge is 2.21. The van der Waals surface area contributed by atoms with Gasteiger partial charge in [0.05, 0.1) is 10.2 Å². The van der Waals surface area contributed by atoms with Crippen molar-refractivity contribution in [2.24, 2.45) is 5.92 Å². The highest BCUT2D eigenvalue weighted by atomic mass is 79.9. The van der Waals surface area contributed by atoms with Gasteiger partial charge in [0.15, 0.2) is 0 Å². The molecule has 18 heavy (non-hydrogen) atoms. The molecule has 0 radical (unpaired) electrons. The number of nitrogens with zero attached hydrogens (tertiary/aromatic N) is 2. The molecule has 0 bridgehead atoms. The second kappa shape index (κ2) is 6.04. The van der Waals surface area contributed by atoms with Crippen LogP contribution in [-0.4, -0.2) is 40.7 Å². The molecule has 1 amide bonds. The Hall–Kier alpha value is -1.30. The van der Waals surface area contributed by atoms with E-state index in [4.69, 9.17) is 5.11 Å². The van der Waals surface area contributed by atoms with Crippen LogP contribution in [0.15, 0.2) is 22.9 Å². The number of piperidine rings is 1. The van der Waals surface area contributed by atoms with Crippen LogP contribution in [0.2, 0.25) is 0 Å². The molecule has 1 aromatic heterocycles. The van der Waals surface area contributed by atoms with Crippen molar-refractivity contribution in [2.75, 3.05) is 25.0 Å². The van der Waals surface area contributed by atoms with Gasteiger partial charge in [0, 0.05) is 32.0 Å². The van der Waals surface area contributed by atoms with Crippen LogP contribution in [0.4, 0.5) is 10.5 Å². The number of hydrogen-bond acceptors (Lipinski definition) is 3. The zero-order valence-electron chi connectivity index (χ0n) is 9.97. The first-order valence-corrected chi connectivity index (χ1v) is 6.77. The second-order valence-corrected chi connectivity index (χ2v) is 5.30. The molecule has 0 aromatic carbocycles. The molecule has 98 valence electrons. The number of nitrogens with one attached hydrogen (secondary N) is 1. The molecule has 2 rings (SSSR count). The van der Waals surface area contributed by atoms with Crippen molar-refractivity contribution in [3.8, 4) is 0 Å². The Kier molecular flexibility index (Phi) is 4.41. The molecule has 1 aliphatic heterocycles. The van der Waals surface area contributed by atoms with Crippen LogP contribution in [0.1, 0.15) is 12.8 Å². The molecule has 5 nitrogen and oxygen atoms in total. The molecule has 0 aliphatic carbocycles. The Labute approximate surface area is 114 Å². The molecule has 2 N–H and O–H groups in total. The normalized spacial score (nSPS) is 16.6. The van der Waals surface area contributed by atoms with Gasteiger partial charge in [-0.05, 0) is 40.8 Å². The number of aromatic nitrogens is 1. The molecule has 2 heterocycles. The van der Waals surface area contributed by atoms with Gasteiger partial charge >= 0.3 is 6.09 Å². The maximum atomic E-state index is 10.8. The number of carboxylic acid groups (broad SMARTS) is 1. The highest BCUT2D eigenvalue weighted by Crippen LogP contribution is 2.22. The molecular formula is C12H16BrN3O2. The summed E-state index contributed by atoms with van der Waals surface area (Å²) in [6.45, 7) is 2.15. The van der Waals surface area contributed by atoms with Gasteiger partial charge in [0.1, 0.15) is 0 Å². The van der Waals surface area contributed by atoms with Crippen molar-refractivity contribution < 1.29 is 9.90 Å². The van der Waals surface area contributed by atoms with Gasteiger partial charge in [-0.3, -0.25) is 4.98 Å². The minimum Gasteiger partial charge on any atom is -0.465 e. The summed E-state index contributed by atoms with van der Waals surface area (Å²) in [4.78, 5) is 16.3. The van der Waals surface area contributed by atoms with Gasteiger partial charge in [0.25, 0.3) is 0 Å². The van der Waals surface area contributed by atoms with E-state index in [0.717, 1.165) is 29.5 Å². The lowest BCUT2D eigenvalue weighted by Gasteiger charge is -2.30. The molecule has 1 aromatic rings. The summed E-state index contributed by atoms with van der Waals surface area (Å²) >= 11 is 3.44. The van der Waals surface area contributed by atoms with E-state index in [9.17, 15) is 4.79 Å². The molecule has 0 saturated carbocycles. The molecule has 0 atom stereocenters. The van der Waals surface area contributed by atoms with Crippen molar-refractivity contribution in [1.82, 2.24) is 9.88 Å². The molecular weight excluding hydrogens is 298 g/mol. The van der Waals surface area contributed by atoms with Crippen LogP contribution >= 0.6 is 15.9 Å². The Morgan fingerprint density at radius 2 is 2.28 bits per heavy atom. The van der Waals surface area contributed by atoms with Gasteiger partial charge in [-0.1, -0.05) is 0 Å². The van der Waals surface area contributed by atoms with E-state index in [1.165, 1.54) is 4.90 Å². The lowest BCUT2D eigenvalue weighted by Crippen LogP contribution is -2.39. The van der Waals surface area contributed by atoms with Crippen molar-refractivity contribution in [1.29, 1.82) is 0 Å². The first-order chi connectivity index (χ1) is 8.66. The monoisotopic (exact) mass is 313 g/mol. The van der Waals surface area contributed by atoms with Crippen LogP contribution in [0.3, 0.4) is 0 Å². The number of rotatable bonds is 3. The smallest absolute Gasteiger partial charge is 0.407 e. The Morgan fingerprint density at radius 1 is 1.56 bits per heavy atom. The highest BCUT2D eigenvalue weighted by molar-refractivity contribution is 9.10. The zero-order chi connectivity index (χ0) is 13.0. The summed E-state index contributed by atoms with van der Waals surface area (Å²) in [5, 5.41) is 12.2. The van der Waals surface area contributed by atoms with Crippen LogP contribution < -0.4 is 5.32 Å². The molecule has 1 aliphatic rings. The van der Waals surface area contributed by atoms with Gasteiger partial charge in [0.2, 0.25) is 0 Å². The van der Waals surface area contributed by atoms with E-state index in [0.29, 0.717) is 19.0 Å². The fourth-order valence-electron chi connectivity index (χ4n) is 2.10. The van der Waals surface area contributed by atoms with Crippen LogP contribution in [-0.2, 0) is 0 Å². The minimum absolute atomic E-state index is 0.528. The van der Waals surface area contributed by atoms with Gasteiger partial charge in [-0.25, -0.2) is 4.79 Å². The number of likely N-dealkylation sites (tertiary alicyclic amines) is 1. The van der Waals surface area contributed by atoms with E-state index in [1.54, 1.807) is 12.4 Å². The number of anilines is 1. The Bertz CT molecular complexity index is 420. The lowest BCUT2D eigenvalue weighted by molar-refractivity contribution is 0.126. The fraction of sp³-hybridized carbons (Fsp3) is 0.500. The fourth-order valence-corrected chi connectivity index (χ4v) is 2.49. The predicted molar refractivity (Wildman–Crippen MR) is 72.7 cm³/mol. The zero-order valence-corrected chi connectivity index (χ0v) is 11.6. The van der Waals surface area contributed by atoms with E-state index in [2.05, 4.69) is 26.2 Å². The average molecular weight is 314 g/mol. The number of amides is 1. The SMILES string of the molecule is O=C(O)N1CCC(CNc2ccncc2Br)CC1. The van der Waals surface area contributed by atoms with E-state index in [-0.39, 0.29) is 0 Å². The Morgan fingerprint density at radius 3 is 2.89 bits per heavy atom. The summed E-state index contributed by atoms with van der Waals surface area (Å²) < 4.78 is 0.952. The number of pyridine rings is 1. The summed E-state index contributed by atoms with van der Waals surface area (Å²) in [6, 6.07) is 1.93. The molecule has 0 spiro atoms. The maximum absolute atomic E-state index is 10.8. The second-order valence-electron chi connectivity index (χ2n) is 4.45. The molecule has 6 heteroatoms. The standard InChI is InChI=1S/C12H16BrN3O2/c13-10-8-14-4-1-11(10)15-7-9-2-5-16(6-3-9)12(17)18/h1,4,8-9H,2-3,5-7H2,(H,14,15)(H,17,18). The third-order valence-corrected chi connectivity index (χ3v) is 3.87. The van der Waals surface area contributed by atoms with Gasteiger partial charge < -0.3 is 15.3 Å². The Balaban J connectivity index is 1.79. The van der Waals surface area contributed by atoms with E-state index >= 15 is 0 Å². The average Bonchev–Trinajstić information content (AvgIpc) is 2.38. The van der Waals surface area contributed by atoms with Crippen LogP contribution in [0.25, 0.3) is 0 Å². The first kappa shape index (κ1) is 13.1. The number of hydrogen-bond donors (Lipinski definition) is 2. The molecule has 0 unspecified atom stereocenters. The first-order valence-electron chi connectivity index (χ1n) is 5.98. The van der Waals surface area contributed by atoms with Crippen molar-refractivity contribution in [2.45, 2.75) is 12.8 Å². The van der Waals surface area contributed by atoms with Gasteiger partial charge in [-0.2, -0.15) is 0 Å². The van der Waals surface area contributed by atoms with Crippen molar-refractivity contribution in [3.05, 3.63) is 22.9 Å². The number of carbonyl (C=O) groups is 1. The van der Waals surface area contributed by atoms with Crippen LogP contribution in [0, 0.1) is 5.92 Å². The van der Waals surface area contributed by atoms with Crippen molar-refractivity contribution >= 4 is 27.7 Å². The summed E-state index contributed by atoms with van der Waals surface area (Å²) in [5.74, 6) is 0.528. The summed E-state index contributed by atoms with van der Waals surface area (Å²) in [6.07, 6.45) is 4.54. The summed E-state index contributed by atoms with van der Waals surface area (Å²) in [5.41, 5.74) is 1.03. The molecule has 1 saturated heterocycles. The lowest BCUT2D eigenvalue weighted by atomic mass is 9.97. The summed E-state index contributed by atoms with van der Waals surface area (Å²) in [7, 11) is 0. The largest absolute Gasteiger partial charge is 0.465 e. The van der Waals surface area contributed by atoms with E-state index in [1.807, 2.05) is 6.07 Å². The minimum atomic E-state index is -0.807.